The Balaban J connectivity index is 2.04. The van der Waals surface area contributed by atoms with Crippen LogP contribution in [0.5, 0.6) is 0 Å². The van der Waals surface area contributed by atoms with Gasteiger partial charge >= 0.3 is 0 Å². The van der Waals surface area contributed by atoms with Crippen LogP contribution in [0.2, 0.25) is 0 Å². The van der Waals surface area contributed by atoms with Gasteiger partial charge in [0.1, 0.15) is 0 Å². The summed E-state index contributed by atoms with van der Waals surface area (Å²) in [7, 11) is 0. The number of ketones is 1. The molecule has 2 nitrogen and oxygen atoms in total. The molecule has 0 radical (unpaired) electrons. The van der Waals surface area contributed by atoms with E-state index in [4.69, 9.17) is 4.74 Å². The van der Waals surface area contributed by atoms with E-state index in [1.807, 2.05) is 0 Å². The fraction of sp³-hybridized carbons (Fsp3) is 0.786. The van der Waals surface area contributed by atoms with E-state index in [1.165, 1.54) is 6.42 Å². The van der Waals surface area contributed by atoms with Gasteiger partial charge in [0, 0.05) is 6.42 Å². The lowest BCUT2D eigenvalue weighted by Crippen LogP contribution is -2.12. The van der Waals surface area contributed by atoms with Crippen LogP contribution in [0.15, 0.2) is 12.2 Å². The molecular formula is C14H22O2. The van der Waals surface area contributed by atoms with E-state index in [2.05, 4.69) is 26.8 Å². The van der Waals surface area contributed by atoms with Crippen molar-refractivity contribution >= 4 is 5.78 Å². The van der Waals surface area contributed by atoms with Crippen molar-refractivity contribution < 1.29 is 9.53 Å². The van der Waals surface area contributed by atoms with Gasteiger partial charge in [-0.2, -0.15) is 0 Å². The minimum Gasteiger partial charge on any atom is -0.366 e. The summed E-state index contributed by atoms with van der Waals surface area (Å²) in [5.74, 6) is 0.243. The summed E-state index contributed by atoms with van der Waals surface area (Å²) < 4.78 is 5.72. The summed E-state index contributed by atoms with van der Waals surface area (Å²) in [5.41, 5.74) is 0.210. The van der Waals surface area contributed by atoms with Crippen LogP contribution in [-0.4, -0.2) is 17.5 Å². The third-order valence-electron chi connectivity index (χ3n) is 3.90. The van der Waals surface area contributed by atoms with Crippen molar-refractivity contribution in [1.29, 1.82) is 0 Å². The van der Waals surface area contributed by atoms with E-state index in [0.29, 0.717) is 12.5 Å². The van der Waals surface area contributed by atoms with Crippen LogP contribution < -0.4 is 0 Å². The highest BCUT2D eigenvalue weighted by atomic mass is 16.6. The molecule has 0 unspecified atom stereocenters. The lowest BCUT2D eigenvalue weighted by molar-refractivity contribution is -0.114. The van der Waals surface area contributed by atoms with Gasteiger partial charge in [-0.15, -0.1) is 0 Å². The molecule has 1 aliphatic carbocycles. The largest absolute Gasteiger partial charge is 0.366 e. The van der Waals surface area contributed by atoms with Gasteiger partial charge in [0.05, 0.1) is 11.7 Å². The number of rotatable bonds is 0. The molecule has 0 aromatic carbocycles. The molecule has 0 amide bonds. The molecule has 0 N–H and O–H groups in total. The van der Waals surface area contributed by atoms with E-state index in [-0.39, 0.29) is 16.8 Å². The lowest BCUT2D eigenvalue weighted by Gasteiger charge is -2.20. The Bertz CT molecular complexity index is 317. The van der Waals surface area contributed by atoms with Crippen molar-refractivity contribution in [1.82, 2.24) is 0 Å². The number of fused-ring (bicyclic) bond motifs is 1. The number of epoxide rings is 1. The Labute approximate surface area is 98.1 Å². The zero-order chi connectivity index (χ0) is 11.8. The molecule has 1 saturated heterocycles. The first-order valence-electron chi connectivity index (χ1n) is 6.31. The summed E-state index contributed by atoms with van der Waals surface area (Å²) >= 11 is 0. The Morgan fingerprint density at radius 2 is 2.06 bits per heavy atom. The van der Waals surface area contributed by atoms with Crippen molar-refractivity contribution in [3.63, 3.8) is 0 Å². The first kappa shape index (κ1) is 11.8. The lowest BCUT2D eigenvalue weighted by atomic mass is 9.85. The van der Waals surface area contributed by atoms with E-state index in [0.717, 1.165) is 19.3 Å². The van der Waals surface area contributed by atoms with Crippen LogP contribution in [0.3, 0.4) is 0 Å². The van der Waals surface area contributed by atoms with Crippen molar-refractivity contribution in [2.45, 2.75) is 64.6 Å². The number of carbonyl (C=O) groups excluding carboxylic acids is 1. The summed E-state index contributed by atoms with van der Waals surface area (Å²) in [6.07, 6.45) is 9.13. The molecule has 2 rings (SSSR count). The number of carbonyl (C=O) groups is 1. The Morgan fingerprint density at radius 3 is 2.81 bits per heavy atom. The van der Waals surface area contributed by atoms with E-state index in [1.54, 1.807) is 6.08 Å². The SMILES string of the molecule is CC1(C)/C=C/C(=O)CC[C@@H]2O[C@@]2(C)CCC1. The molecule has 2 aliphatic rings. The Kier molecular flexibility index (Phi) is 2.95. The zero-order valence-electron chi connectivity index (χ0n) is 10.6. The highest BCUT2D eigenvalue weighted by molar-refractivity contribution is 5.89. The fourth-order valence-electron chi connectivity index (χ4n) is 2.53. The van der Waals surface area contributed by atoms with Gasteiger partial charge in [-0.3, -0.25) is 4.79 Å². The molecule has 2 atom stereocenters. The third kappa shape index (κ3) is 2.73. The standard InChI is InChI=1S/C14H22O2/c1-13(2)8-4-9-14(3)12(16-14)6-5-11(15)7-10-13/h7,10,12H,4-6,8-9H2,1-3H3/b10-7+/t12-,14-/m0/s1. The van der Waals surface area contributed by atoms with Crippen LogP contribution in [0, 0.1) is 5.41 Å². The highest BCUT2D eigenvalue weighted by Gasteiger charge is 2.51. The molecule has 90 valence electrons. The number of hydrogen-bond donors (Lipinski definition) is 0. The second-order valence-electron chi connectivity index (χ2n) is 6.10. The van der Waals surface area contributed by atoms with Crippen molar-refractivity contribution in [2.24, 2.45) is 5.41 Å². The molecule has 0 bridgehead atoms. The van der Waals surface area contributed by atoms with E-state index >= 15 is 0 Å². The number of allylic oxidation sites excluding steroid dienone is 2. The molecule has 1 aliphatic heterocycles. The number of ether oxygens (including phenoxy) is 1. The molecule has 0 aromatic rings. The number of hydrogen-bond acceptors (Lipinski definition) is 2. The molecule has 0 aromatic heterocycles. The van der Waals surface area contributed by atoms with Crippen molar-refractivity contribution in [3.05, 3.63) is 12.2 Å². The average molecular weight is 222 g/mol. The summed E-state index contributed by atoms with van der Waals surface area (Å²) in [5, 5.41) is 0. The molecule has 0 saturated carbocycles. The van der Waals surface area contributed by atoms with Crippen LogP contribution in [0.4, 0.5) is 0 Å². The second kappa shape index (κ2) is 3.99. The van der Waals surface area contributed by atoms with Gasteiger partial charge in [-0.25, -0.2) is 0 Å². The monoisotopic (exact) mass is 222 g/mol. The topological polar surface area (TPSA) is 29.6 Å². The Hall–Kier alpha value is -0.630. The zero-order valence-corrected chi connectivity index (χ0v) is 10.6. The predicted octanol–water partition coefficient (Wildman–Crippen LogP) is 3.26. The first-order valence-corrected chi connectivity index (χ1v) is 6.31. The normalized spacial score (nSPS) is 40.7. The minimum atomic E-state index is 0.0701. The molecule has 1 heterocycles. The second-order valence-corrected chi connectivity index (χ2v) is 6.10. The maximum Gasteiger partial charge on any atom is 0.155 e. The molecule has 2 heteroatoms. The van der Waals surface area contributed by atoms with Crippen molar-refractivity contribution in [2.75, 3.05) is 0 Å². The van der Waals surface area contributed by atoms with Gasteiger partial charge in [0.25, 0.3) is 0 Å². The summed E-state index contributed by atoms with van der Waals surface area (Å²) in [4.78, 5) is 11.6. The highest BCUT2D eigenvalue weighted by Crippen LogP contribution is 2.44. The Morgan fingerprint density at radius 1 is 1.31 bits per heavy atom. The van der Waals surface area contributed by atoms with Gasteiger partial charge in [-0.05, 0) is 44.1 Å². The summed E-state index contributed by atoms with van der Waals surface area (Å²) in [6, 6.07) is 0. The van der Waals surface area contributed by atoms with Gasteiger partial charge in [0.2, 0.25) is 0 Å². The first-order chi connectivity index (χ1) is 7.41. The van der Waals surface area contributed by atoms with Gasteiger partial charge < -0.3 is 4.74 Å². The van der Waals surface area contributed by atoms with Crippen LogP contribution in [0.25, 0.3) is 0 Å². The van der Waals surface area contributed by atoms with E-state index < -0.39 is 0 Å². The van der Waals surface area contributed by atoms with E-state index in [9.17, 15) is 4.79 Å². The van der Waals surface area contributed by atoms with Crippen LogP contribution in [0.1, 0.15) is 52.9 Å². The molecule has 16 heavy (non-hydrogen) atoms. The van der Waals surface area contributed by atoms with Crippen LogP contribution >= 0.6 is 0 Å². The van der Waals surface area contributed by atoms with Crippen molar-refractivity contribution in [3.8, 4) is 0 Å². The maximum absolute atomic E-state index is 11.6. The third-order valence-corrected chi connectivity index (χ3v) is 3.90. The van der Waals surface area contributed by atoms with Gasteiger partial charge in [0.15, 0.2) is 5.78 Å². The minimum absolute atomic E-state index is 0.0701. The average Bonchev–Trinajstić information content (AvgIpc) is 2.82. The molecular weight excluding hydrogens is 200 g/mol. The predicted molar refractivity (Wildman–Crippen MR) is 64.3 cm³/mol. The quantitative estimate of drug-likeness (QED) is 0.589. The summed E-state index contributed by atoms with van der Waals surface area (Å²) in [6.45, 7) is 6.57. The smallest absolute Gasteiger partial charge is 0.155 e. The fourth-order valence-corrected chi connectivity index (χ4v) is 2.53. The maximum atomic E-state index is 11.6. The molecule has 1 fully saturated rings. The molecule has 0 spiro atoms. The van der Waals surface area contributed by atoms with Crippen LogP contribution in [-0.2, 0) is 9.53 Å². The van der Waals surface area contributed by atoms with Gasteiger partial charge in [-0.1, -0.05) is 19.9 Å².